The van der Waals surface area contributed by atoms with Gasteiger partial charge in [-0.15, -0.1) is 5.10 Å². The van der Waals surface area contributed by atoms with E-state index in [2.05, 4.69) is 38.5 Å². The second-order valence-electron chi connectivity index (χ2n) is 3.82. The normalized spacial score (nSPS) is 12.9. The van der Waals surface area contributed by atoms with E-state index in [9.17, 15) is 0 Å². The molecule has 0 fully saturated rings. The van der Waals surface area contributed by atoms with Crippen LogP contribution in [0.2, 0.25) is 0 Å². The molecule has 0 amide bonds. The van der Waals surface area contributed by atoms with Gasteiger partial charge in [0.15, 0.2) is 4.67 Å². The molecule has 0 aliphatic carbocycles. The van der Waals surface area contributed by atoms with Crippen LogP contribution < -0.4 is 5.32 Å². The molecule has 2 rings (SSSR count). The van der Waals surface area contributed by atoms with Crippen LogP contribution in [0.15, 0.2) is 27.6 Å². The standard InChI is InChI=1S/C11H15BrN4O/c1-3-5-13-10(8-4-6-17-11(8)12)9-7-14-15-16(9)2/h4,6-7,10,13H,3,5H2,1-2H3. The van der Waals surface area contributed by atoms with Gasteiger partial charge in [-0.25, -0.2) is 0 Å². The molecule has 0 bridgehead atoms. The predicted molar refractivity (Wildman–Crippen MR) is 67.5 cm³/mol. The van der Waals surface area contributed by atoms with Gasteiger partial charge in [0.2, 0.25) is 0 Å². The highest BCUT2D eigenvalue weighted by atomic mass is 79.9. The molecule has 2 aromatic rings. The number of rotatable bonds is 5. The van der Waals surface area contributed by atoms with Crippen LogP contribution in [0.25, 0.3) is 0 Å². The van der Waals surface area contributed by atoms with Crippen LogP contribution in [0.3, 0.4) is 0 Å². The maximum atomic E-state index is 5.29. The summed E-state index contributed by atoms with van der Waals surface area (Å²) in [6.07, 6.45) is 4.51. The molecule has 0 spiro atoms. The van der Waals surface area contributed by atoms with Crippen molar-refractivity contribution >= 4 is 15.9 Å². The minimum atomic E-state index is 0.0445. The summed E-state index contributed by atoms with van der Waals surface area (Å²) in [4.78, 5) is 0. The molecule has 5 nitrogen and oxygen atoms in total. The number of furan rings is 1. The summed E-state index contributed by atoms with van der Waals surface area (Å²) >= 11 is 3.41. The highest BCUT2D eigenvalue weighted by Gasteiger charge is 2.21. The maximum absolute atomic E-state index is 5.29. The van der Waals surface area contributed by atoms with E-state index in [1.54, 1.807) is 17.1 Å². The Balaban J connectivity index is 2.32. The Hall–Kier alpha value is -1.14. The van der Waals surface area contributed by atoms with E-state index in [0.29, 0.717) is 0 Å². The minimum Gasteiger partial charge on any atom is -0.457 e. The van der Waals surface area contributed by atoms with Gasteiger partial charge in [-0.05, 0) is 35.0 Å². The van der Waals surface area contributed by atoms with Gasteiger partial charge in [0, 0.05) is 12.6 Å². The Kier molecular flexibility index (Phi) is 3.96. The zero-order valence-corrected chi connectivity index (χ0v) is 11.4. The van der Waals surface area contributed by atoms with Crippen molar-refractivity contribution in [2.75, 3.05) is 6.54 Å². The third kappa shape index (κ3) is 2.58. The number of halogens is 1. The molecular formula is C11H15BrN4O. The summed E-state index contributed by atoms with van der Waals surface area (Å²) in [7, 11) is 1.89. The van der Waals surface area contributed by atoms with Crippen molar-refractivity contribution in [3.63, 3.8) is 0 Å². The molecule has 6 heteroatoms. The van der Waals surface area contributed by atoms with Crippen LogP contribution in [0.5, 0.6) is 0 Å². The van der Waals surface area contributed by atoms with Crippen molar-refractivity contribution < 1.29 is 4.42 Å². The van der Waals surface area contributed by atoms with E-state index >= 15 is 0 Å². The Morgan fingerprint density at radius 3 is 2.94 bits per heavy atom. The summed E-state index contributed by atoms with van der Waals surface area (Å²) < 4.78 is 7.80. The van der Waals surface area contributed by atoms with Crippen LogP contribution in [-0.2, 0) is 7.05 Å². The van der Waals surface area contributed by atoms with E-state index in [1.165, 1.54) is 0 Å². The monoisotopic (exact) mass is 298 g/mol. The number of hydrogen-bond acceptors (Lipinski definition) is 4. The number of hydrogen-bond donors (Lipinski definition) is 1. The van der Waals surface area contributed by atoms with Crippen LogP contribution >= 0.6 is 15.9 Å². The van der Waals surface area contributed by atoms with Gasteiger partial charge < -0.3 is 9.73 Å². The SMILES string of the molecule is CCCNC(c1ccoc1Br)c1cnnn1C. The Bertz CT molecular complexity index is 439. The molecule has 2 aromatic heterocycles. The second-order valence-corrected chi connectivity index (χ2v) is 4.54. The fourth-order valence-electron chi connectivity index (χ4n) is 1.73. The molecule has 1 unspecified atom stereocenters. The Morgan fingerprint density at radius 2 is 2.41 bits per heavy atom. The average molecular weight is 299 g/mol. The summed E-state index contributed by atoms with van der Waals surface area (Å²) in [5.74, 6) is 0. The maximum Gasteiger partial charge on any atom is 0.174 e. The van der Waals surface area contributed by atoms with Crippen LogP contribution in [0.1, 0.15) is 30.6 Å². The fraction of sp³-hybridized carbons (Fsp3) is 0.455. The topological polar surface area (TPSA) is 55.9 Å². The average Bonchev–Trinajstić information content (AvgIpc) is 2.90. The fourth-order valence-corrected chi connectivity index (χ4v) is 2.20. The number of nitrogens with zero attached hydrogens (tertiary/aromatic N) is 3. The minimum absolute atomic E-state index is 0.0445. The van der Waals surface area contributed by atoms with E-state index in [0.717, 1.165) is 28.9 Å². The molecule has 1 atom stereocenters. The third-order valence-corrected chi connectivity index (χ3v) is 3.25. The van der Waals surface area contributed by atoms with E-state index in [1.807, 2.05) is 13.1 Å². The van der Waals surface area contributed by atoms with Crippen molar-refractivity contribution in [3.05, 3.63) is 34.5 Å². The number of nitrogens with one attached hydrogen (secondary N) is 1. The first-order valence-electron chi connectivity index (χ1n) is 5.55. The zero-order chi connectivity index (χ0) is 12.3. The second kappa shape index (κ2) is 5.46. The number of aryl methyl sites for hydroxylation is 1. The van der Waals surface area contributed by atoms with Gasteiger partial charge in [0.05, 0.1) is 24.2 Å². The van der Waals surface area contributed by atoms with Crippen molar-refractivity contribution in [1.29, 1.82) is 0 Å². The molecule has 0 saturated heterocycles. The lowest BCUT2D eigenvalue weighted by atomic mass is 10.1. The Morgan fingerprint density at radius 1 is 1.59 bits per heavy atom. The van der Waals surface area contributed by atoms with Gasteiger partial charge in [0.25, 0.3) is 0 Å². The van der Waals surface area contributed by atoms with Gasteiger partial charge in [-0.2, -0.15) is 0 Å². The number of aromatic nitrogens is 3. The highest BCUT2D eigenvalue weighted by molar-refractivity contribution is 9.10. The molecule has 17 heavy (non-hydrogen) atoms. The lowest BCUT2D eigenvalue weighted by Crippen LogP contribution is -2.25. The lowest BCUT2D eigenvalue weighted by Gasteiger charge is -2.17. The molecule has 92 valence electrons. The van der Waals surface area contributed by atoms with Crippen molar-refractivity contribution in [2.45, 2.75) is 19.4 Å². The molecule has 0 saturated carbocycles. The molecule has 1 N–H and O–H groups in total. The summed E-state index contributed by atoms with van der Waals surface area (Å²) in [6.45, 7) is 3.06. The molecule has 0 aliphatic rings. The van der Waals surface area contributed by atoms with Gasteiger partial charge >= 0.3 is 0 Å². The smallest absolute Gasteiger partial charge is 0.174 e. The van der Waals surface area contributed by atoms with E-state index in [-0.39, 0.29) is 6.04 Å². The van der Waals surface area contributed by atoms with E-state index < -0.39 is 0 Å². The lowest BCUT2D eigenvalue weighted by molar-refractivity contribution is 0.512. The first kappa shape index (κ1) is 12.3. The summed E-state index contributed by atoms with van der Waals surface area (Å²) in [6, 6.07) is 1.99. The molecule has 0 radical (unpaired) electrons. The van der Waals surface area contributed by atoms with Crippen LogP contribution in [0.4, 0.5) is 0 Å². The zero-order valence-electron chi connectivity index (χ0n) is 9.85. The largest absolute Gasteiger partial charge is 0.457 e. The van der Waals surface area contributed by atoms with Crippen molar-refractivity contribution in [3.8, 4) is 0 Å². The van der Waals surface area contributed by atoms with Crippen LogP contribution in [0, 0.1) is 0 Å². The first-order valence-corrected chi connectivity index (χ1v) is 6.34. The quantitative estimate of drug-likeness (QED) is 0.920. The van der Waals surface area contributed by atoms with Crippen molar-refractivity contribution in [1.82, 2.24) is 20.3 Å². The summed E-state index contributed by atoms with van der Waals surface area (Å²) in [5, 5.41) is 11.3. The predicted octanol–water partition coefficient (Wildman–Crippen LogP) is 2.26. The molecule has 0 aliphatic heterocycles. The molecular weight excluding hydrogens is 284 g/mol. The molecule has 2 heterocycles. The van der Waals surface area contributed by atoms with Crippen molar-refractivity contribution in [2.24, 2.45) is 7.05 Å². The van der Waals surface area contributed by atoms with Crippen LogP contribution in [-0.4, -0.2) is 21.5 Å². The van der Waals surface area contributed by atoms with Gasteiger partial charge in [0.1, 0.15) is 0 Å². The molecule has 0 aromatic carbocycles. The summed E-state index contributed by atoms with van der Waals surface area (Å²) in [5.41, 5.74) is 2.07. The van der Waals surface area contributed by atoms with E-state index in [4.69, 9.17) is 4.42 Å². The Labute approximate surface area is 108 Å². The third-order valence-electron chi connectivity index (χ3n) is 2.60. The van der Waals surface area contributed by atoms with Gasteiger partial charge in [-0.3, -0.25) is 4.68 Å². The highest BCUT2D eigenvalue weighted by Crippen LogP contribution is 2.28. The van der Waals surface area contributed by atoms with Gasteiger partial charge in [-0.1, -0.05) is 12.1 Å². The first-order chi connectivity index (χ1) is 8.24.